The minimum Gasteiger partial charge on any atom is -0.494 e. The summed E-state index contributed by atoms with van der Waals surface area (Å²) in [6.45, 7) is 4.49. The molecule has 0 saturated heterocycles. The first kappa shape index (κ1) is 18.2. The van der Waals surface area contributed by atoms with Crippen LogP contribution >= 0.6 is 0 Å². The molecule has 2 aromatic carbocycles. The summed E-state index contributed by atoms with van der Waals surface area (Å²) in [7, 11) is 0. The van der Waals surface area contributed by atoms with E-state index in [-0.39, 0.29) is 17.9 Å². The van der Waals surface area contributed by atoms with Crippen molar-refractivity contribution in [3.8, 4) is 17.2 Å². The Labute approximate surface area is 163 Å². The molecule has 0 spiro atoms. The third-order valence-corrected chi connectivity index (χ3v) is 4.73. The standard InChI is InChI=1S/C21H22N2O5/c1-3-26-14-8-9-17-16(10-14)20(22-13(2)24)21(25)23(17)11-15-12-27-18-6-4-5-7-19(18)28-15/h4-10,15,20H,3,11-12H2,1-2H3,(H,22,24)/t15-,20-/m0/s1. The van der Waals surface area contributed by atoms with Gasteiger partial charge in [-0.3, -0.25) is 9.59 Å². The van der Waals surface area contributed by atoms with E-state index in [0.717, 1.165) is 11.3 Å². The van der Waals surface area contributed by atoms with Crippen molar-refractivity contribution < 1.29 is 23.8 Å². The van der Waals surface area contributed by atoms with Gasteiger partial charge >= 0.3 is 0 Å². The highest BCUT2D eigenvalue weighted by Crippen LogP contribution is 2.39. The number of rotatable bonds is 5. The number of para-hydroxylation sites is 2. The summed E-state index contributed by atoms with van der Waals surface area (Å²) >= 11 is 0. The van der Waals surface area contributed by atoms with Gasteiger partial charge in [-0.15, -0.1) is 0 Å². The maximum absolute atomic E-state index is 13.1. The fraction of sp³-hybridized carbons (Fsp3) is 0.333. The quantitative estimate of drug-likeness (QED) is 0.860. The smallest absolute Gasteiger partial charge is 0.254 e. The van der Waals surface area contributed by atoms with Crippen LogP contribution in [0.25, 0.3) is 0 Å². The van der Waals surface area contributed by atoms with Gasteiger partial charge in [-0.1, -0.05) is 12.1 Å². The van der Waals surface area contributed by atoms with Crippen LogP contribution in [0.4, 0.5) is 5.69 Å². The number of carbonyl (C=O) groups is 2. The van der Waals surface area contributed by atoms with E-state index in [2.05, 4.69) is 5.32 Å². The highest BCUT2D eigenvalue weighted by Gasteiger charge is 2.40. The molecule has 28 heavy (non-hydrogen) atoms. The monoisotopic (exact) mass is 382 g/mol. The zero-order chi connectivity index (χ0) is 19.7. The molecule has 146 valence electrons. The topological polar surface area (TPSA) is 77.1 Å². The third-order valence-electron chi connectivity index (χ3n) is 4.73. The van der Waals surface area contributed by atoms with Crippen LogP contribution in [0.5, 0.6) is 17.2 Å². The van der Waals surface area contributed by atoms with Crippen molar-refractivity contribution in [2.45, 2.75) is 26.0 Å². The SMILES string of the molecule is CCOc1ccc2c(c1)[C@H](NC(C)=O)C(=O)N2C[C@H]1COc2ccccc2O1. The van der Waals surface area contributed by atoms with E-state index in [9.17, 15) is 9.59 Å². The second-order valence-electron chi connectivity index (χ2n) is 6.73. The van der Waals surface area contributed by atoms with E-state index in [1.807, 2.05) is 49.4 Å². The fourth-order valence-corrected chi connectivity index (χ4v) is 3.56. The van der Waals surface area contributed by atoms with E-state index in [1.165, 1.54) is 6.92 Å². The van der Waals surface area contributed by atoms with Crippen LogP contribution in [0.3, 0.4) is 0 Å². The predicted octanol–water partition coefficient (Wildman–Crippen LogP) is 2.45. The Morgan fingerprint density at radius 3 is 2.79 bits per heavy atom. The molecule has 4 rings (SSSR count). The van der Waals surface area contributed by atoms with Gasteiger partial charge in [-0.2, -0.15) is 0 Å². The molecule has 0 radical (unpaired) electrons. The van der Waals surface area contributed by atoms with Crippen molar-refractivity contribution in [3.05, 3.63) is 48.0 Å². The number of ether oxygens (including phenoxy) is 3. The van der Waals surface area contributed by atoms with E-state index in [0.29, 0.717) is 37.0 Å². The normalized spacial score (nSPS) is 19.9. The Balaban J connectivity index is 1.59. The lowest BCUT2D eigenvalue weighted by molar-refractivity contribution is -0.126. The van der Waals surface area contributed by atoms with Gasteiger partial charge in [0, 0.05) is 18.2 Å². The molecule has 0 fully saturated rings. The number of nitrogens with zero attached hydrogens (tertiary/aromatic N) is 1. The molecule has 7 nitrogen and oxygen atoms in total. The molecule has 0 unspecified atom stereocenters. The predicted molar refractivity (Wildman–Crippen MR) is 103 cm³/mol. The first-order chi connectivity index (χ1) is 13.6. The highest BCUT2D eigenvalue weighted by molar-refractivity contribution is 6.06. The van der Waals surface area contributed by atoms with Crippen molar-refractivity contribution in [2.75, 3.05) is 24.7 Å². The lowest BCUT2D eigenvalue weighted by atomic mass is 10.1. The number of nitrogens with one attached hydrogen (secondary N) is 1. The first-order valence-corrected chi connectivity index (χ1v) is 9.30. The van der Waals surface area contributed by atoms with Crippen molar-refractivity contribution in [1.82, 2.24) is 5.32 Å². The van der Waals surface area contributed by atoms with Gasteiger partial charge < -0.3 is 24.4 Å². The highest BCUT2D eigenvalue weighted by atomic mass is 16.6. The minimum atomic E-state index is -0.732. The maximum Gasteiger partial charge on any atom is 0.254 e. The number of benzene rings is 2. The summed E-state index contributed by atoms with van der Waals surface area (Å²) in [5, 5.41) is 2.74. The third kappa shape index (κ3) is 3.35. The molecule has 2 aliphatic heterocycles. The molecule has 2 atom stereocenters. The Morgan fingerprint density at radius 2 is 2.04 bits per heavy atom. The lowest BCUT2D eigenvalue weighted by Crippen LogP contribution is -2.44. The molecule has 1 N–H and O–H groups in total. The van der Waals surface area contributed by atoms with Gasteiger partial charge in [0.2, 0.25) is 5.91 Å². The molecule has 2 heterocycles. The Kier molecular flexibility index (Phi) is 4.81. The molecule has 2 aliphatic rings. The molecule has 0 saturated carbocycles. The fourth-order valence-electron chi connectivity index (χ4n) is 3.56. The largest absolute Gasteiger partial charge is 0.494 e. The Morgan fingerprint density at radius 1 is 1.25 bits per heavy atom. The van der Waals surface area contributed by atoms with Crippen LogP contribution in [0.1, 0.15) is 25.5 Å². The van der Waals surface area contributed by atoms with Crippen molar-refractivity contribution in [2.24, 2.45) is 0 Å². The number of hydrogen-bond acceptors (Lipinski definition) is 5. The zero-order valence-corrected chi connectivity index (χ0v) is 15.8. The van der Waals surface area contributed by atoms with E-state index < -0.39 is 6.04 Å². The van der Waals surface area contributed by atoms with E-state index >= 15 is 0 Å². The molecule has 2 aromatic rings. The second kappa shape index (κ2) is 7.42. The number of anilines is 1. The molecule has 0 bridgehead atoms. The van der Waals surface area contributed by atoms with Gasteiger partial charge in [0.25, 0.3) is 5.91 Å². The molecule has 0 aliphatic carbocycles. The Bertz CT molecular complexity index is 913. The average molecular weight is 382 g/mol. The van der Waals surface area contributed by atoms with Crippen LogP contribution in [0.2, 0.25) is 0 Å². The first-order valence-electron chi connectivity index (χ1n) is 9.30. The van der Waals surface area contributed by atoms with E-state index in [4.69, 9.17) is 14.2 Å². The van der Waals surface area contributed by atoms with Crippen LogP contribution < -0.4 is 24.4 Å². The summed E-state index contributed by atoms with van der Waals surface area (Å²) in [6, 6.07) is 12.2. The van der Waals surface area contributed by atoms with Crippen LogP contribution in [-0.2, 0) is 9.59 Å². The number of amides is 2. The molecule has 0 aromatic heterocycles. The summed E-state index contributed by atoms with van der Waals surface area (Å²) in [6.07, 6.45) is -0.311. The maximum atomic E-state index is 13.1. The van der Waals surface area contributed by atoms with Gasteiger partial charge in [-0.05, 0) is 37.3 Å². The summed E-state index contributed by atoms with van der Waals surface area (Å²) < 4.78 is 17.3. The lowest BCUT2D eigenvalue weighted by Gasteiger charge is -2.30. The minimum absolute atomic E-state index is 0.193. The molecular formula is C21H22N2O5. The van der Waals surface area contributed by atoms with Crippen LogP contribution in [0.15, 0.2) is 42.5 Å². The number of hydrogen-bond donors (Lipinski definition) is 1. The summed E-state index contributed by atoms with van der Waals surface area (Å²) in [5.74, 6) is 1.57. The summed E-state index contributed by atoms with van der Waals surface area (Å²) in [4.78, 5) is 26.3. The Hall–Kier alpha value is -3.22. The van der Waals surface area contributed by atoms with Gasteiger partial charge in [0.1, 0.15) is 18.4 Å². The molecule has 7 heteroatoms. The van der Waals surface area contributed by atoms with Gasteiger partial charge in [0.15, 0.2) is 17.6 Å². The molecule has 2 amide bonds. The number of fused-ring (bicyclic) bond motifs is 2. The zero-order valence-electron chi connectivity index (χ0n) is 15.8. The molecular weight excluding hydrogens is 360 g/mol. The van der Waals surface area contributed by atoms with Crippen molar-refractivity contribution in [1.29, 1.82) is 0 Å². The van der Waals surface area contributed by atoms with Crippen LogP contribution in [0, 0.1) is 0 Å². The van der Waals surface area contributed by atoms with E-state index in [1.54, 1.807) is 4.90 Å². The van der Waals surface area contributed by atoms with Gasteiger partial charge in [-0.25, -0.2) is 0 Å². The van der Waals surface area contributed by atoms with Crippen molar-refractivity contribution >= 4 is 17.5 Å². The number of carbonyl (C=O) groups excluding carboxylic acids is 2. The second-order valence-corrected chi connectivity index (χ2v) is 6.73. The van der Waals surface area contributed by atoms with Crippen LogP contribution in [-0.4, -0.2) is 37.7 Å². The average Bonchev–Trinajstić information content (AvgIpc) is 2.93. The summed E-state index contributed by atoms with van der Waals surface area (Å²) in [5.41, 5.74) is 1.47. The van der Waals surface area contributed by atoms with Gasteiger partial charge in [0.05, 0.1) is 13.2 Å². The van der Waals surface area contributed by atoms with Crippen molar-refractivity contribution in [3.63, 3.8) is 0 Å².